The minimum absolute atomic E-state index is 0.0183. The molecule has 100 valence electrons. The van der Waals surface area contributed by atoms with Gasteiger partial charge in [-0.3, -0.25) is 14.9 Å². The fourth-order valence-corrected chi connectivity index (χ4v) is 3.06. The molecule has 0 bridgehead atoms. The monoisotopic (exact) mass is 261 g/mol. The number of nitro groups is 1. The largest absolute Gasteiger partial charge is 0.316 e. The highest BCUT2D eigenvalue weighted by Gasteiger charge is 2.40. The summed E-state index contributed by atoms with van der Waals surface area (Å²) in [6, 6.07) is 3.94. The molecule has 1 fully saturated rings. The van der Waals surface area contributed by atoms with Crippen LogP contribution in [0.3, 0.4) is 0 Å². The van der Waals surface area contributed by atoms with Crippen LogP contribution >= 0.6 is 0 Å². The fraction of sp³-hybridized carbons (Fsp3) is 0.462. The quantitative estimate of drug-likeness (QED) is 0.650. The van der Waals surface area contributed by atoms with Crippen molar-refractivity contribution in [1.82, 2.24) is 0 Å². The van der Waals surface area contributed by atoms with Crippen LogP contribution in [0.15, 0.2) is 18.2 Å². The molecule has 1 atom stereocenters. The number of carbonyl (C=O) groups excluding carboxylic acids is 1. The van der Waals surface area contributed by atoms with Crippen molar-refractivity contribution in [2.24, 2.45) is 5.73 Å². The van der Waals surface area contributed by atoms with Crippen LogP contribution in [0.1, 0.15) is 37.3 Å². The smallest absolute Gasteiger partial charge is 0.269 e. The molecule has 6 heteroatoms. The Morgan fingerprint density at radius 2 is 2.00 bits per heavy atom. The number of carbonyl (C=O) groups is 1. The number of nitro benzene ring substituents is 1. The van der Waals surface area contributed by atoms with E-state index in [-0.39, 0.29) is 17.6 Å². The van der Waals surface area contributed by atoms with E-state index in [1.807, 2.05) is 0 Å². The third kappa shape index (κ3) is 1.79. The second-order valence-corrected chi connectivity index (χ2v) is 5.12. The molecule has 1 aliphatic heterocycles. The second kappa shape index (κ2) is 4.31. The van der Waals surface area contributed by atoms with Crippen LogP contribution in [0.2, 0.25) is 0 Å². The highest BCUT2D eigenvalue weighted by Crippen LogP contribution is 2.41. The first-order valence-corrected chi connectivity index (χ1v) is 6.46. The van der Waals surface area contributed by atoms with E-state index in [0.29, 0.717) is 5.56 Å². The summed E-state index contributed by atoms with van der Waals surface area (Å²) in [5.74, 6) is -0.137. The first kappa shape index (κ1) is 12.1. The number of non-ortho nitro benzene ring substituents is 1. The Labute approximate surface area is 110 Å². The van der Waals surface area contributed by atoms with E-state index < -0.39 is 11.0 Å². The first-order valence-electron chi connectivity index (χ1n) is 6.46. The SMILES string of the molecule is N[C@H]1C(=O)N(C2CCCC2)c2ccc([N+](=O)[O-])cc21. The van der Waals surface area contributed by atoms with Gasteiger partial charge in [-0.25, -0.2) is 0 Å². The van der Waals surface area contributed by atoms with Gasteiger partial charge in [-0.05, 0) is 18.9 Å². The van der Waals surface area contributed by atoms with Crippen LogP contribution in [0.4, 0.5) is 11.4 Å². The summed E-state index contributed by atoms with van der Waals surface area (Å²) >= 11 is 0. The maximum absolute atomic E-state index is 12.3. The van der Waals surface area contributed by atoms with E-state index in [0.717, 1.165) is 31.4 Å². The van der Waals surface area contributed by atoms with Crippen molar-refractivity contribution in [2.45, 2.75) is 37.8 Å². The fourth-order valence-electron chi connectivity index (χ4n) is 3.06. The topological polar surface area (TPSA) is 89.5 Å². The first-order chi connectivity index (χ1) is 9.09. The Morgan fingerprint density at radius 3 is 2.63 bits per heavy atom. The van der Waals surface area contributed by atoms with Crippen molar-refractivity contribution < 1.29 is 9.72 Å². The van der Waals surface area contributed by atoms with Crippen LogP contribution in [0.5, 0.6) is 0 Å². The highest BCUT2D eigenvalue weighted by molar-refractivity contribution is 6.05. The van der Waals surface area contributed by atoms with E-state index in [9.17, 15) is 14.9 Å². The molecular weight excluding hydrogens is 246 g/mol. The maximum Gasteiger partial charge on any atom is 0.269 e. The van der Waals surface area contributed by atoms with Gasteiger partial charge >= 0.3 is 0 Å². The summed E-state index contributed by atoms with van der Waals surface area (Å²) in [6.07, 6.45) is 4.20. The molecule has 1 aromatic rings. The third-order valence-corrected chi connectivity index (χ3v) is 4.01. The van der Waals surface area contributed by atoms with Gasteiger partial charge in [-0.2, -0.15) is 0 Å². The Bertz CT molecular complexity index is 552. The van der Waals surface area contributed by atoms with Crippen molar-refractivity contribution in [3.05, 3.63) is 33.9 Å². The minimum Gasteiger partial charge on any atom is -0.316 e. The Hall–Kier alpha value is -1.95. The van der Waals surface area contributed by atoms with Crippen molar-refractivity contribution in [1.29, 1.82) is 0 Å². The van der Waals surface area contributed by atoms with E-state index >= 15 is 0 Å². The molecule has 1 saturated carbocycles. The van der Waals surface area contributed by atoms with E-state index in [1.165, 1.54) is 12.1 Å². The number of anilines is 1. The molecule has 2 N–H and O–H groups in total. The van der Waals surface area contributed by atoms with Gasteiger partial charge < -0.3 is 10.6 Å². The zero-order valence-corrected chi connectivity index (χ0v) is 10.4. The second-order valence-electron chi connectivity index (χ2n) is 5.12. The molecule has 19 heavy (non-hydrogen) atoms. The Morgan fingerprint density at radius 1 is 1.32 bits per heavy atom. The molecule has 1 aromatic carbocycles. The normalized spacial score (nSPS) is 22.9. The van der Waals surface area contributed by atoms with Gasteiger partial charge in [-0.15, -0.1) is 0 Å². The lowest BCUT2D eigenvalue weighted by Gasteiger charge is -2.24. The zero-order chi connectivity index (χ0) is 13.6. The molecule has 2 aliphatic rings. The summed E-state index contributed by atoms with van der Waals surface area (Å²) in [5.41, 5.74) is 7.21. The average Bonchev–Trinajstić information content (AvgIpc) is 2.98. The average molecular weight is 261 g/mol. The number of fused-ring (bicyclic) bond motifs is 1. The summed E-state index contributed by atoms with van der Waals surface area (Å²) in [7, 11) is 0. The molecule has 0 spiro atoms. The standard InChI is InChI=1S/C13H15N3O3/c14-12-10-7-9(16(18)19)5-6-11(10)15(13(12)17)8-3-1-2-4-8/h5-8,12H,1-4,14H2/t12-/m1/s1. The van der Waals surface area contributed by atoms with Gasteiger partial charge in [0.05, 0.1) is 4.92 Å². The lowest BCUT2D eigenvalue weighted by atomic mass is 10.1. The van der Waals surface area contributed by atoms with Gasteiger partial charge in [0.15, 0.2) is 0 Å². The summed E-state index contributed by atoms with van der Waals surface area (Å²) in [5, 5.41) is 10.8. The Balaban J connectivity index is 2.03. The van der Waals surface area contributed by atoms with E-state index in [1.54, 1.807) is 11.0 Å². The number of nitrogens with two attached hydrogens (primary N) is 1. The summed E-state index contributed by atoms with van der Waals surface area (Å²) in [4.78, 5) is 24.3. The molecule has 0 saturated heterocycles. The van der Waals surface area contributed by atoms with Crippen LogP contribution in [0.25, 0.3) is 0 Å². The van der Waals surface area contributed by atoms with Crippen molar-refractivity contribution in [2.75, 3.05) is 4.90 Å². The molecular formula is C13H15N3O3. The van der Waals surface area contributed by atoms with E-state index in [4.69, 9.17) is 5.73 Å². The molecule has 3 rings (SSSR count). The molecule has 1 amide bonds. The number of hydrogen-bond donors (Lipinski definition) is 1. The van der Waals surface area contributed by atoms with Crippen molar-refractivity contribution in [3.63, 3.8) is 0 Å². The number of benzene rings is 1. The van der Waals surface area contributed by atoms with Crippen LogP contribution in [-0.2, 0) is 4.79 Å². The van der Waals surface area contributed by atoms with Gasteiger partial charge in [0.1, 0.15) is 6.04 Å². The number of nitrogens with zero attached hydrogens (tertiary/aromatic N) is 2. The molecule has 0 radical (unpaired) electrons. The number of amides is 1. The number of hydrogen-bond acceptors (Lipinski definition) is 4. The van der Waals surface area contributed by atoms with E-state index in [2.05, 4.69) is 0 Å². The molecule has 6 nitrogen and oxygen atoms in total. The lowest BCUT2D eigenvalue weighted by Crippen LogP contribution is -2.38. The number of rotatable bonds is 2. The van der Waals surface area contributed by atoms with Crippen LogP contribution in [-0.4, -0.2) is 16.9 Å². The molecule has 1 aliphatic carbocycles. The zero-order valence-electron chi connectivity index (χ0n) is 10.4. The van der Waals surface area contributed by atoms with Crippen molar-refractivity contribution in [3.8, 4) is 0 Å². The predicted molar refractivity (Wildman–Crippen MR) is 69.8 cm³/mol. The molecule has 0 aromatic heterocycles. The van der Waals surface area contributed by atoms with Gasteiger partial charge in [0.25, 0.3) is 5.69 Å². The van der Waals surface area contributed by atoms with Gasteiger partial charge in [0, 0.05) is 29.4 Å². The van der Waals surface area contributed by atoms with Gasteiger partial charge in [-0.1, -0.05) is 12.8 Å². The summed E-state index contributed by atoms with van der Waals surface area (Å²) in [6.45, 7) is 0. The van der Waals surface area contributed by atoms with Crippen LogP contribution in [0, 0.1) is 10.1 Å². The molecule has 1 heterocycles. The minimum atomic E-state index is -0.768. The molecule has 0 unspecified atom stereocenters. The third-order valence-electron chi connectivity index (χ3n) is 4.01. The lowest BCUT2D eigenvalue weighted by molar-refractivity contribution is -0.384. The maximum atomic E-state index is 12.3. The van der Waals surface area contributed by atoms with Crippen LogP contribution < -0.4 is 10.6 Å². The highest BCUT2D eigenvalue weighted by atomic mass is 16.6. The van der Waals surface area contributed by atoms with Gasteiger partial charge in [0.2, 0.25) is 5.91 Å². The predicted octanol–water partition coefficient (Wildman–Crippen LogP) is 1.88. The Kier molecular flexibility index (Phi) is 2.74. The summed E-state index contributed by atoms with van der Waals surface area (Å²) < 4.78 is 0. The van der Waals surface area contributed by atoms with Crippen molar-refractivity contribution >= 4 is 17.3 Å².